The van der Waals surface area contributed by atoms with Crippen LogP contribution in [0, 0.1) is 0 Å². The number of ether oxygens (including phenoxy) is 2. The van der Waals surface area contributed by atoms with E-state index < -0.39 is 5.97 Å². The van der Waals surface area contributed by atoms with Crippen LogP contribution in [-0.4, -0.2) is 18.5 Å². The predicted molar refractivity (Wildman–Crippen MR) is 198 cm³/mol. The summed E-state index contributed by atoms with van der Waals surface area (Å²) in [6.07, 6.45) is 6.25. The minimum atomic E-state index is -0.428. The minimum Gasteiger partial charge on any atom is -0.463 e. The molecule has 0 saturated heterocycles. The van der Waals surface area contributed by atoms with Gasteiger partial charge in [-0.15, -0.1) is 0 Å². The Kier molecular flexibility index (Phi) is 9.45. The zero-order valence-corrected chi connectivity index (χ0v) is 28.1. The van der Waals surface area contributed by atoms with E-state index in [-0.39, 0.29) is 18.0 Å². The molecule has 0 N–H and O–H groups in total. The van der Waals surface area contributed by atoms with Crippen molar-refractivity contribution >= 4 is 44.3 Å². The fourth-order valence-electron chi connectivity index (χ4n) is 6.51. The van der Waals surface area contributed by atoms with E-state index in [0.29, 0.717) is 6.61 Å². The number of unbranched alkanes of at least 4 members (excludes halogenated alkanes) is 2. The van der Waals surface area contributed by atoms with E-state index in [2.05, 4.69) is 113 Å². The van der Waals surface area contributed by atoms with Crippen LogP contribution < -0.4 is 0 Å². The van der Waals surface area contributed by atoms with Crippen LogP contribution in [0.4, 0.5) is 0 Å². The van der Waals surface area contributed by atoms with Crippen molar-refractivity contribution < 1.29 is 19.1 Å². The molecule has 0 unspecified atom stereocenters. The first-order valence-electron chi connectivity index (χ1n) is 16.7. The Morgan fingerprint density at radius 3 is 1.71 bits per heavy atom. The van der Waals surface area contributed by atoms with Crippen LogP contribution in [-0.2, 0) is 37.5 Å². The maximum absolute atomic E-state index is 11.6. The normalized spacial score (nSPS) is 11.6. The van der Waals surface area contributed by atoms with Crippen molar-refractivity contribution in [1.82, 2.24) is 0 Å². The third-order valence-electron chi connectivity index (χ3n) is 9.18. The van der Waals surface area contributed by atoms with Gasteiger partial charge in [0.25, 0.3) is 0 Å². The summed E-state index contributed by atoms with van der Waals surface area (Å²) >= 11 is 0. The molecule has 242 valence electrons. The summed E-state index contributed by atoms with van der Waals surface area (Å²) in [4.78, 5) is 22.9. The minimum absolute atomic E-state index is 0.0442. The predicted octanol–water partition coefficient (Wildman–Crippen LogP) is 10.9. The molecule has 0 fully saturated rings. The van der Waals surface area contributed by atoms with Crippen molar-refractivity contribution in [2.24, 2.45) is 0 Å². The number of hydrogen-bond donors (Lipinski definition) is 0. The molecule has 0 aliphatic rings. The zero-order chi connectivity index (χ0) is 33.8. The highest BCUT2D eigenvalue weighted by atomic mass is 16.5. The molecule has 0 aliphatic heterocycles. The van der Waals surface area contributed by atoms with Crippen molar-refractivity contribution in [2.45, 2.75) is 58.5 Å². The van der Waals surface area contributed by atoms with Gasteiger partial charge in [0.1, 0.15) is 6.61 Å². The Labute approximate surface area is 283 Å². The Bertz CT molecular complexity index is 2090. The highest BCUT2D eigenvalue weighted by Gasteiger charge is 2.20. The number of hydrogen-bond acceptors (Lipinski definition) is 4. The molecule has 6 aromatic rings. The monoisotopic (exact) mass is 634 g/mol. The third kappa shape index (κ3) is 6.89. The SMILES string of the molecule is C=CC(=O)OCCCCCc1ccc(-c2cc(-c3ccc(COC(=O)C=C)cc3)c3ccc4cc(C(C)(C)C)cc5ccc2c3c54)cc1. The number of esters is 2. The average Bonchev–Trinajstić information content (AvgIpc) is 3.10. The van der Waals surface area contributed by atoms with Crippen molar-refractivity contribution in [3.8, 4) is 22.3 Å². The molecular formula is C44H42O4. The molecule has 4 nitrogen and oxygen atoms in total. The first kappa shape index (κ1) is 32.7. The largest absolute Gasteiger partial charge is 0.463 e. The maximum atomic E-state index is 11.6. The maximum Gasteiger partial charge on any atom is 0.330 e. The van der Waals surface area contributed by atoms with E-state index in [4.69, 9.17) is 9.47 Å². The van der Waals surface area contributed by atoms with Gasteiger partial charge in [0.15, 0.2) is 0 Å². The number of rotatable bonds is 12. The fraction of sp³-hybridized carbons (Fsp3) is 0.227. The Morgan fingerprint density at radius 2 is 1.17 bits per heavy atom. The standard InChI is InChI=1S/C44H42O4/c1-6-40(45)47-24-10-8-9-11-29-12-16-31(17-13-29)38-27-39(32-18-14-30(15-19-32)28-48-41(46)7-2)37-23-21-34-26-35(44(3,4)5)25-33-20-22-36(38)43(37)42(33)34/h6-7,12-23,25-27H,1-2,8-11,24,28H2,3-5H3. The van der Waals surface area contributed by atoms with Crippen molar-refractivity contribution in [3.63, 3.8) is 0 Å². The fourth-order valence-corrected chi connectivity index (χ4v) is 6.51. The molecule has 0 aliphatic carbocycles. The second kappa shape index (κ2) is 13.9. The molecule has 4 heteroatoms. The van der Waals surface area contributed by atoms with Crippen LogP contribution >= 0.6 is 0 Å². The zero-order valence-electron chi connectivity index (χ0n) is 28.1. The molecule has 0 heterocycles. The Balaban J connectivity index is 1.39. The Hall–Kier alpha value is -5.22. The molecule has 0 aromatic heterocycles. The summed E-state index contributed by atoms with van der Waals surface area (Å²) in [5, 5.41) is 7.55. The molecule has 6 rings (SSSR count). The van der Waals surface area contributed by atoms with Gasteiger partial charge in [-0.05, 0) is 108 Å². The molecule has 48 heavy (non-hydrogen) atoms. The van der Waals surface area contributed by atoms with Gasteiger partial charge in [-0.1, -0.05) is 119 Å². The van der Waals surface area contributed by atoms with Gasteiger partial charge in [-0.2, -0.15) is 0 Å². The van der Waals surface area contributed by atoms with E-state index in [0.717, 1.165) is 36.8 Å². The van der Waals surface area contributed by atoms with Crippen LogP contribution in [0.25, 0.3) is 54.6 Å². The quantitative estimate of drug-likeness (QED) is 0.0582. The molecule has 0 radical (unpaired) electrons. The van der Waals surface area contributed by atoms with E-state index in [1.165, 1.54) is 72.3 Å². The highest BCUT2D eigenvalue weighted by Crippen LogP contribution is 2.45. The molecule has 0 atom stereocenters. The smallest absolute Gasteiger partial charge is 0.330 e. The van der Waals surface area contributed by atoms with Crippen LogP contribution in [0.5, 0.6) is 0 Å². The van der Waals surface area contributed by atoms with Gasteiger partial charge in [-0.25, -0.2) is 9.59 Å². The van der Waals surface area contributed by atoms with Crippen LogP contribution in [0.1, 0.15) is 56.7 Å². The second-order valence-corrected chi connectivity index (χ2v) is 13.5. The summed E-state index contributed by atoms with van der Waals surface area (Å²) in [7, 11) is 0. The lowest BCUT2D eigenvalue weighted by atomic mass is 9.81. The lowest BCUT2D eigenvalue weighted by Gasteiger charge is -2.23. The van der Waals surface area contributed by atoms with Crippen LogP contribution in [0.3, 0.4) is 0 Å². The van der Waals surface area contributed by atoms with Gasteiger partial charge >= 0.3 is 11.9 Å². The highest BCUT2D eigenvalue weighted by molar-refractivity contribution is 6.28. The molecule has 0 bridgehead atoms. The summed E-state index contributed by atoms with van der Waals surface area (Å²) in [6, 6.07) is 33.4. The van der Waals surface area contributed by atoms with Crippen molar-refractivity contribution in [3.05, 3.63) is 133 Å². The molecular weight excluding hydrogens is 592 g/mol. The number of carbonyl (C=O) groups excluding carboxylic acids is 2. The molecule has 6 aromatic carbocycles. The second-order valence-electron chi connectivity index (χ2n) is 13.5. The summed E-state index contributed by atoms with van der Waals surface area (Å²) < 4.78 is 10.4. The van der Waals surface area contributed by atoms with E-state index in [1.807, 2.05) is 12.1 Å². The van der Waals surface area contributed by atoms with Gasteiger partial charge < -0.3 is 9.47 Å². The number of aryl methyl sites for hydroxylation is 1. The van der Waals surface area contributed by atoms with Gasteiger partial charge in [0, 0.05) is 12.2 Å². The molecule has 0 spiro atoms. The molecule has 0 amide bonds. The lowest BCUT2D eigenvalue weighted by molar-refractivity contribution is -0.139. The molecule has 0 saturated carbocycles. The van der Waals surface area contributed by atoms with Gasteiger partial charge in [-0.3, -0.25) is 0 Å². The number of benzene rings is 6. The Morgan fingerprint density at radius 1 is 0.625 bits per heavy atom. The summed E-state index contributed by atoms with van der Waals surface area (Å²) in [5.41, 5.74) is 8.25. The van der Waals surface area contributed by atoms with E-state index >= 15 is 0 Å². The summed E-state index contributed by atoms with van der Waals surface area (Å²) in [5.74, 6) is -0.790. The first-order chi connectivity index (χ1) is 23.2. The van der Waals surface area contributed by atoms with E-state index in [9.17, 15) is 9.59 Å². The van der Waals surface area contributed by atoms with Crippen LogP contribution in [0.2, 0.25) is 0 Å². The van der Waals surface area contributed by atoms with E-state index in [1.54, 1.807) is 0 Å². The van der Waals surface area contributed by atoms with Crippen molar-refractivity contribution in [2.75, 3.05) is 6.61 Å². The van der Waals surface area contributed by atoms with Crippen LogP contribution in [0.15, 0.2) is 116 Å². The van der Waals surface area contributed by atoms with Gasteiger partial charge in [0.05, 0.1) is 6.61 Å². The van der Waals surface area contributed by atoms with Gasteiger partial charge in [0.2, 0.25) is 0 Å². The lowest BCUT2D eigenvalue weighted by Crippen LogP contribution is -2.10. The first-order valence-corrected chi connectivity index (χ1v) is 16.7. The van der Waals surface area contributed by atoms with Crippen molar-refractivity contribution in [1.29, 1.82) is 0 Å². The summed E-state index contributed by atoms with van der Waals surface area (Å²) in [6.45, 7) is 14.4. The third-order valence-corrected chi connectivity index (χ3v) is 9.18. The average molecular weight is 635 g/mol. The topological polar surface area (TPSA) is 52.6 Å². The number of carbonyl (C=O) groups is 2.